The average Bonchev–Trinajstić information content (AvgIpc) is 2.72. The maximum Gasteiger partial charge on any atom is 0.400 e. The van der Waals surface area contributed by atoms with Gasteiger partial charge in [-0.05, 0) is 0 Å². The Hall–Kier alpha value is -2.18. The normalized spacial score (nSPS) is 20.8. The van der Waals surface area contributed by atoms with Crippen molar-refractivity contribution in [3.8, 4) is 0 Å². The summed E-state index contributed by atoms with van der Waals surface area (Å²) in [5.41, 5.74) is -4.80. The van der Waals surface area contributed by atoms with Gasteiger partial charge in [0.15, 0.2) is 0 Å². The number of carbonyl (C=O) groups is 4. The van der Waals surface area contributed by atoms with Crippen molar-refractivity contribution in [3.63, 3.8) is 0 Å². The molecule has 0 bridgehead atoms. The van der Waals surface area contributed by atoms with Crippen molar-refractivity contribution in [1.82, 2.24) is 4.90 Å². The number of carbonyl (C=O) groups excluding carboxylic acids is 2. The fraction of sp³-hybridized carbons (Fsp3) is 0.500. The quantitative estimate of drug-likeness (QED) is 0.202. The number of imide groups is 1. The number of nitrogens with zero attached hydrogens (tertiary/aromatic N) is 1. The maximum absolute atomic E-state index is 11.7. The van der Waals surface area contributed by atoms with Crippen molar-refractivity contribution in [2.75, 3.05) is 0 Å². The van der Waals surface area contributed by atoms with Crippen LogP contribution in [0.5, 0.6) is 0 Å². The fourth-order valence-electron chi connectivity index (χ4n) is 2.03. The van der Waals surface area contributed by atoms with E-state index >= 15 is 0 Å². The first-order valence-corrected chi connectivity index (χ1v) is 8.53. The lowest BCUT2D eigenvalue weighted by Gasteiger charge is -2.40. The van der Waals surface area contributed by atoms with E-state index in [1.807, 2.05) is 0 Å². The van der Waals surface area contributed by atoms with E-state index in [2.05, 4.69) is 4.18 Å². The van der Waals surface area contributed by atoms with Crippen LogP contribution in [0.15, 0.2) is 0 Å². The standard InChI is InChI=1S/C8H9NO14S2/c10-3-1-2-4(11)9(3)7(5(12)13,23-25(20,21)22)8(16,6(14)15)24(17,18)19/h16H,1-2H2,(H,12,13)(H,14,15)(H,17,18,19)(H,20,21,22). The van der Waals surface area contributed by atoms with Crippen LogP contribution in [-0.4, -0.2) is 80.6 Å². The van der Waals surface area contributed by atoms with Crippen LogP contribution in [0.1, 0.15) is 12.8 Å². The number of aliphatic carboxylic acids is 2. The van der Waals surface area contributed by atoms with Gasteiger partial charge in [-0.3, -0.25) is 18.7 Å². The maximum atomic E-state index is 11.7. The highest BCUT2D eigenvalue weighted by atomic mass is 32.3. The minimum absolute atomic E-state index is 0.828. The van der Waals surface area contributed by atoms with Crippen molar-refractivity contribution in [2.45, 2.75) is 23.5 Å². The Kier molecular flexibility index (Phi) is 4.98. The zero-order valence-electron chi connectivity index (χ0n) is 11.6. The predicted octanol–water partition coefficient (Wildman–Crippen LogP) is -3.60. The Bertz CT molecular complexity index is 841. The molecular formula is C8H9NO14S2. The number of rotatable bonds is 7. The third-order valence-electron chi connectivity index (χ3n) is 3.00. The third-order valence-corrected chi connectivity index (χ3v) is 4.65. The van der Waals surface area contributed by atoms with Crippen LogP contribution < -0.4 is 0 Å². The summed E-state index contributed by atoms with van der Waals surface area (Å²) in [5, 5.41) is 28.0. The molecule has 1 fully saturated rings. The van der Waals surface area contributed by atoms with Crippen LogP contribution >= 0.6 is 0 Å². The van der Waals surface area contributed by atoms with E-state index in [9.17, 15) is 46.2 Å². The van der Waals surface area contributed by atoms with Crippen LogP contribution in [0.3, 0.4) is 0 Å². The zero-order valence-corrected chi connectivity index (χ0v) is 13.2. The first kappa shape index (κ1) is 20.9. The summed E-state index contributed by atoms with van der Waals surface area (Å²) in [6, 6.07) is 0. The molecule has 1 aliphatic rings. The number of aliphatic hydroxyl groups is 1. The molecule has 1 aliphatic heterocycles. The Morgan fingerprint density at radius 1 is 0.960 bits per heavy atom. The number of likely N-dealkylation sites (tertiary alicyclic amines) is 1. The molecule has 1 heterocycles. The van der Waals surface area contributed by atoms with Crippen LogP contribution in [0.4, 0.5) is 0 Å². The van der Waals surface area contributed by atoms with E-state index in [4.69, 9.17) is 14.2 Å². The number of carboxylic acids is 2. The molecule has 25 heavy (non-hydrogen) atoms. The Balaban J connectivity index is 4.09. The predicted molar refractivity (Wildman–Crippen MR) is 68.2 cm³/mol. The van der Waals surface area contributed by atoms with Crippen molar-refractivity contribution in [2.24, 2.45) is 0 Å². The second kappa shape index (κ2) is 5.97. The number of hydrogen-bond acceptors (Lipinski definition) is 10. The summed E-state index contributed by atoms with van der Waals surface area (Å²) in [6.07, 6.45) is -1.69. The van der Waals surface area contributed by atoms with Gasteiger partial charge < -0.3 is 15.3 Å². The molecule has 142 valence electrons. The molecule has 0 spiro atoms. The van der Waals surface area contributed by atoms with Gasteiger partial charge in [0.2, 0.25) is 11.8 Å². The van der Waals surface area contributed by atoms with E-state index in [1.165, 1.54) is 0 Å². The van der Waals surface area contributed by atoms with Crippen LogP contribution in [-0.2, 0) is 43.9 Å². The van der Waals surface area contributed by atoms with Gasteiger partial charge in [0.1, 0.15) is 0 Å². The van der Waals surface area contributed by atoms with E-state index in [-0.39, 0.29) is 0 Å². The molecule has 0 saturated carbocycles. The second-order valence-corrected chi connectivity index (χ2v) is 7.07. The number of hydrogen-bond donors (Lipinski definition) is 5. The van der Waals surface area contributed by atoms with Gasteiger partial charge in [0, 0.05) is 12.8 Å². The van der Waals surface area contributed by atoms with Crippen molar-refractivity contribution in [3.05, 3.63) is 0 Å². The molecule has 2 amide bonds. The van der Waals surface area contributed by atoms with Crippen LogP contribution in [0, 0.1) is 0 Å². The largest absolute Gasteiger partial charge is 0.478 e. The van der Waals surface area contributed by atoms with Gasteiger partial charge >= 0.3 is 43.1 Å². The van der Waals surface area contributed by atoms with Crippen molar-refractivity contribution < 1.29 is 64.6 Å². The molecule has 2 unspecified atom stereocenters. The summed E-state index contributed by atoms with van der Waals surface area (Å²) < 4.78 is 65.8. The minimum Gasteiger partial charge on any atom is -0.478 e. The van der Waals surface area contributed by atoms with Gasteiger partial charge in [-0.1, -0.05) is 0 Å². The van der Waals surface area contributed by atoms with Crippen LogP contribution in [0.2, 0.25) is 0 Å². The monoisotopic (exact) mass is 407 g/mol. The first-order chi connectivity index (χ1) is 11.0. The highest BCUT2D eigenvalue weighted by Gasteiger charge is 2.78. The van der Waals surface area contributed by atoms with Gasteiger partial charge in [0.05, 0.1) is 0 Å². The van der Waals surface area contributed by atoms with E-state index in [0.717, 1.165) is 0 Å². The molecule has 0 aromatic rings. The molecule has 5 N–H and O–H groups in total. The number of amides is 2. The van der Waals surface area contributed by atoms with Gasteiger partial charge in [-0.15, -0.1) is 0 Å². The summed E-state index contributed by atoms with van der Waals surface area (Å²) in [7, 11) is -12.6. The Morgan fingerprint density at radius 3 is 1.60 bits per heavy atom. The molecule has 17 heteroatoms. The van der Waals surface area contributed by atoms with Gasteiger partial charge in [-0.2, -0.15) is 16.8 Å². The topological polar surface area (TPSA) is 250 Å². The Labute approximate surface area is 138 Å². The van der Waals surface area contributed by atoms with Gasteiger partial charge in [0.25, 0.3) is 0 Å². The van der Waals surface area contributed by atoms with E-state index < -0.39 is 72.7 Å². The lowest BCUT2D eigenvalue weighted by molar-refractivity contribution is -0.215. The molecule has 1 saturated heterocycles. The van der Waals surface area contributed by atoms with Gasteiger partial charge in [-0.25, -0.2) is 18.7 Å². The minimum atomic E-state index is -6.49. The summed E-state index contributed by atoms with van der Waals surface area (Å²) in [6.45, 7) is 0. The fourth-order valence-corrected chi connectivity index (χ4v) is 3.45. The van der Waals surface area contributed by atoms with E-state index in [1.54, 1.807) is 0 Å². The smallest absolute Gasteiger partial charge is 0.400 e. The summed E-state index contributed by atoms with van der Waals surface area (Å²) in [4.78, 5) is 40.2. The zero-order chi connectivity index (χ0) is 20.0. The molecule has 1 rings (SSSR count). The highest BCUT2D eigenvalue weighted by molar-refractivity contribution is 7.88. The second-order valence-electron chi connectivity index (χ2n) is 4.51. The SMILES string of the molecule is O=C1CCC(=O)N1C(OS(=O)(=O)O)(C(=O)O)C(O)(C(=O)O)S(=O)(=O)O. The molecule has 0 aliphatic carbocycles. The van der Waals surface area contributed by atoms with Crippen molar-refractivity contribution in [1.29, 1.82) is 0 Å². The molecule has 0 radical (unpaired) electrons. The average molecular weight is 407 g/mol. The lowest BCUT2D eigenvalue weighted by atomic mass is 10.0. The highest BCUT2D eigenvalue weighted by Crippen LogP contribution is 2.39. The third kappa shape index (κ3) is 3.07. The van der Waals surface area contributed by atoms with Crippen LogP contribution in [0.25, 0.3) is 0 Å². The van der Waals surface area contributed by atoms with E-state index in [0.29, 0.717) is 0 Å². The molecule has 0 aromatic heterocycles. The lowest BCUT2D eigenvalue weighted by Crippen LogP contribution is -2.77. The molecular weight excluding hydrogens is 398 g/mol. The summed E-state index contributed by atoms with van der Waals surface area (Å²) in [5.74, 6) is -9.48. The first-order valence-electron chi connectivity index (χ1n) is 5.72. The molecule has 0 aromatic carbocycles. The molecule has 2 atom stereocenters. The van der Waals surface area contributed by atoms with Crippen molar-refractivity contribution >= 4 is 44.3 Å². The number of carboxylic acid groups (broad SMARTS) is 2. The Morgan fingerprint density at radius 2 is 1.36 bits per heavy atom. The summed E-state index contributed by atoms with van der Waals surface area (Å²) >= 11 is 0. The molecule has 15 nitrogen and oxygen atoms in total.